The number of alkyl halides is 3. The second kappa shape index (κ2) is 13.4. The van der Waals surface area contributed by atoms with E-state index in [1.165, 1.54) is 44.6 Å². The van der Waals surface area contributed by atoms with E-state index in [1.54, 1.807) is 12.1 Å². The number of carbonyl (C=O) groups is 1. The van der Waals surface area contributed by atoms with E-state index in [-0.39, 0.29) is 16.8 Å². The number of sulfonamides is 1. The third-order valence-electron chi connectivity index (χ3n) is 8.34. The molecule has 0 unspecified atom stereocenters. The number of aromatic nitrogens is 1. The monoisotopic (exact) mass is 657 g/mol. The van der Waals surface area contributed by atoms with Crippen LogP contribution < -0.4 is 5.32 Å². The van der Waals surface area contributed by atoms with Crippen LogP contribution in [0.25, 0.3) is 10.4 Å². The average molecular weight is 658 g/mol. The molecule has 0 atom stereocenters. The molecule has 2 aliphatic rings. The van der Waals surface area contributed by atoms with Crippen molar-refractivity contribution in [3.63, 3.8) is 0 Å². The third-order valence-corrected chi connectivity index (χ3v) is 11.7. The molecule has 2 heterocycles. The molecule has 0 spiro atoms. The highest BCUT2D eigenvalue weighted by molar-refractivity contribution is 7.89. The van der Waals surface area contributed by atoms with Gasteiger partial charge in [-0.2, -0.15) is 17.5 Å². The number of nitrogens with one attached hydrogen (secondary N) is 1. The van der Waals surface area contributed by atoms with Crippen molar-refractivity contribution in [2.75, 3.05) is 19.8 Å². The molecule has 1 saturated carbocycles. The fourth-order valence-corrected chi connectivity index (χ4v) is 9.16. The summed E-state index contributed by atoms with van der Waals surface area (Å²) < 4.78 is 74.6. The average Bonchev–Trinajstić information content (AvgIpc) is 3.35. The topological polar surface area (TPSA) is 88.6 Å². The Balaban J connectivity index is 1.79. The quantitative estimate of drug-likeness (QED) is 0.318. The molecule has 246 valence electrons. The lowest BCUT2D eigenvalue weighted by Gasteiger charge is -2.36. The number of ether oxygens (including phenoxy) is 1. The van der Waals surface area contributed by atoms with Crippen molar-refractivity contribution in [1.82, 2.24) is 14.6 Å². The van der Waals surface area contributed by atoms with Gasteiger partial charge < -0.3 is 10.1 Å². The van der Waals surface area contributed by atoms with Gasteiger partial charge in [-0.05, 0) is 74.6 Å². The van der Waals surface area contributed by atoms with Crippen LogP contribution in [0.5, 0.6) is 0 Å². The summed E-state index contributed by atoms with van der Waals surface area (Å²) in [5.41, 5.74) is -0.0859. The zero-order valence-electron chi connectivity index (χ0n) is 26.6. The first-order chi connectivity index (χ1) is 20.4. The van der Waals surface area contributed by atoms with Gasteiger partial charge in [-0.25, -0.2) is 13.4 Å². The molecule has 4 rings (SSSR count). The van der Waals surface area contributed by atoms with Crippen LogP contribution in [0.1, 0.15) is 108 Å². The van der Waals surface area contributed by atoms with Crippen molar-refractivity contribution < 1.29 is 31.1 Å². The van der Waals surface area contributed by atoms with E-state index in [2.05, 4.69) is 5.32 Å². The lowest BCUT2D eigenvalue weighted by molar-refractivity contribution is -0.142. The first kappa shape index (κ1) is 34.8. The largest absolute Gasteiger partial charge is 0.402 e. The molecule has 1 saturated heterocycles. The lowest BCUT2D eigenvalue weighted by atomic mass is 9.84. The molecule has 12 heteroatoms. The predicted octanol–water partition coefficient (Wildman–Crippen LogP) is 7.49. The molecule has 0 radical (unpaired) electrons. The molecule has 1 N–H and O–H groups in total. The number of rotatable bonds is 8. The van der Waals surface area contributed by atoms with Crippen LogP contribution in [0.4, 0.5) is 13.2 Å². The third kappa shape index (κ3) is 8.61. The van der Waals surface area contributed by atoms with Crippen LogP contribution in [0.3, 0.4) is 0 Å². The summed E-state index contributed by atoms with van der Waals surface area (Å²) in [6, 6.07) is 4.85. The van der Waals surface area contributed by atoms with E-state index in [4.69, 9.17) is 9.72 Å². The van der Waals surface area contributed by atoms with Crippen LogP contribution in [0, 0.1) is 5.92 Å². The van der Waals surface area contributed by atoms with E-state index < -0.39 is 33.7 Å². The molecule has 1 amide bonds. The highest BCUT2D eigenvalue weighted by Gasteiger charge is 2.44. The smallest absolute Gasteiger partial charge is 0.381 e. The van der Waals surface area contributed by atoms with Crippen molar-refractivity contribution in [1.29, 1.82) is 0 Å². The van der Waals surface area contributed by atoms with Gasteiger partial charge in [-0.15, -0.1) is 11.3 Å². The number of hydrogen-bond donors (Lipinski definition) is 1. The number of nitrogens with zero attached hydrogens (tertiary/aromatic N) is 2. The molecule has 1 aromatic carbocycles. The Morgan fingerprint density at radius 3 is 2.23 bits per heavy atom. The standard InChI is InChI=1S/C32H46F3N3O4S2/c1-30(2,3)24-19-22(12-13-26(24)44(40,41)38(31(4,5)6)20-32(33,34)35)27-25(18-21-10-8-7-9-11-21)37-29(43-27)28(39)36-23-14-16-42-17-15-23/h12-13,19,21,23H,7-11,14-18,20H2,1-6H3,(H,36,39). The molecule has 44 heavy (non-hydrogen) atoms. The van der Waals surface area contributed by atoms with Crippen LogP contribution in [0.15, 0.2) is 23.1 Å². The SMILES string of the molecule is CC(C)(C)c1cc(-c2sc(C(=O)NC3CCOCC3)nc2CC2CCCCC2)ccc1S(=O)(=O)N(CC(F)(F)F)C(C)(C)C. The Morgan fingerprint density at radius 2 is 1.66 bits per heavy atom. The Morgan fingerprint density at radius 1 is 1.02 bits per heavy atom. The van der Waals surface area contributed by atoms with Gasteiger partial charge in [0.05, 0.1) is 15.5 Å². The van der Waals surface area contributed by atoms with E-state index in [0.717, 1.165) is 49.1 Å². The summed E-state index contributed by atoms with van der Waals surface area (Å²) >= 11 is 1.29. The number of benzene rings is 1. The maximum Gasteiger partial charge on any atom is 0.402 e. The molecular formula is C32H46F3N3O4S2. The molecule has 0 bridgehead atoms. The van der Waals surface area contributed by atoms with Gasteiger partial charge >= 0.3 is 6.18 Å². The summed E-state index contributed by atoms with van der Waals surface area (Å²) in [6.45, 7) is 9.53. The second-order valence-electron chi connectivity index (χ2n) is 14.1. The van der Waals surface area contributed by atoms with E-state index >= 15 is 0 Å². The molecular weight excluding hydrogens is 611 g/mol. The van der Waals surface area contributed by atoms with Gasteiger partial charge in [0.25, 0.3) is 5.91 Å². The Labute approximate surface area is 264 Å². The summed E-state index contributed by atoms with van der Waals surface area (Å²) in [6.07, 6.45) is 3.19. The van der Waals surface area contributed by atoms with Crippen molar-refractivity contribution in [2.24, 2.45) is 5.92 Å². The Hall–Kier alpha value is -2.02. The van der Waals surface area contributed by atoms with Crippen molar-refractivity contribution in [3.8, 4) is 10.4 Å². The molecule has 2 aromatic rings. The van der Waals surface area contributed by atoms with Crippen molar-refractivity contribution in [3.05, 3.63) is 34.5 Å². The van der Waals surface area contributed by atoms with Gasteiger partial charge in [0.1, 0.15) is 6.54 Å². The van der Waals surface area contributed by atoms with Crippen LogP contribution >= 0.6 is 11.3 Å². The summed E-state index contributed by atoms with van der Waals surface area (Å²) in [4.78, 5) is 18.8. The van der Waals surface area contributed by atoms with Crippen molar-refractivity contribution >= 4 is 27.3 Å². The van der Waals surface area contributed by atoms with Gasteiger partial charge in [-0.3, -0.25) is 4.79 Å². The highest BCUT2D eigenvalue weighted by atomic mass is 32.2. The van der Waals surface area contributed by atoms with Crippen LogP contribution in [0.2, 0.25) is 0 Å². The summed E-state index contributed by atoms with van der Waals surface area (Å²) in [5, 5.41) is 3.45. The maximum atomic E-state index is 13.9. The minimum Gasteiger partial charge on any atom is -0.381 e. The zero-order valence-corrected chi connectivity index (χ0v) is 28.3. The van der Waals surface area contributed by atoms with Gasteiger partial charge in [0.15, 0.2) is 5.01 Å². The number of amides is 1. The van der Waals surface area contributed by atoms with Gasteiger partial charge in [0.2, 0.25) is 10.0 Å². The maximum absolute atomic E-state index is 13.9. The number of thiazole rings is 1. The molecule has 1 aromatic heterocycles. The van der Waals surface area contributed by atoms with Crippen LogP contribution in [-0.2, 0) is 26.6 Å². The van der Waals surface area contributed by atoms with Crippen molar-refractivity contribution in [2.45, 2.75) is 121 Å². The van der Waals surface area contributed by atoms with Crippen LogP contribution in [-0.4, -0.2) is 61.1 Å². The van der Waals surface area contributed by atoms with E-state index in [1.807, 2.05) is 20.8 Å². The highest BCUT2D eigenvalue weighted by Crippen LogP contribution is 2.40. The van der Waals surface area contributed by atoms with E-state index in [9.17, 15) is 26.4 Å². The fourth-order valence-electron chi connectivity index (χ4n) is 6.01. The normalized spacial score (nSPS) is 18.1. The Bertz CT molecular complexity index is 1410. The van der Waals surface area contributed by atoms with Gasteiger partial charge in [0, 0.05) is 24.8 Å². The number of halogens is 3. The number of carbonyl (C=O) groups excluding carboxylic acids is 1. The summed E-state index contributed by atoms with van der Waals surface area (Å²) in [7, 11) is -4.54. The second-order valence-corrected chi connectivity index (χ2v) is 17.0. The Kier molecular flexibility index (Phi) is 10.6. The zero-order chi connectivity index (χ0) is 32.5. The first-order valence-electron chi connectivity index (χ1n) is 15.5. The molecule has 1 aliphatic carbocycles. The predicted molar refractivity (Wildman–Crippen MR) is 168 cm³/mol. The van der Waals surface area contributed by atoms with Gasteiger partial charge in [-0.1, -0.05) is 58.9 Å². The van der Waals surface area contributed by atoms with E-state index in [0.29, 0.717) is 46.0 Å². The summed E-state index contributed by atoms with van der Waals surface area (Å²) in [5.74, 6) is 0.210. The molecule has 7 nitrogen and oxygen atoms in total. The minimum absolute atomic E-state index is 0.0184. The first-order valence-corrected chi connectivity index (χ1v) is 17.7. The number of hydrogen-bond acceptors (Lipinski definition) is 6. The fraction of sp³-hybridized carbons (Fsp3) is 0.688. The molecule has 1 aliphatic heterocycles. The lowest BCUT2D eigenvalue weighted by Crippen LogP contribution is -2.50. The molecule has 2 fully saturated rings. The minimum atomic E-state index is -4.71.